The molecule has 6 rings (SSSR count). The minimum Gasteiger partial charge on any atom is -0.274 e. The van der Waals surface area contributed by atoms with Crippen LogP contribution < -0.4 is 0 Å². The van der Waals surface area contributed by atoms with Gasteiger partial charge in [-0.2, -0.15) is 20.0 Å². The summed E-state index contributed by atoms with van der Waals surface area (Å²) < 4.78 is 2.02. The molecule has 2 aromatic heterocycles. The van der Waals surface area contributed by atoms with E-state index in [1.165, 1.54) is 0 Å². The van der Waals surface area contributed by atoms with Crippen LogP contribution >= 0.6 is 12.2 Å². The van der Waals surface area contributed by atoms with Gasteiger partial charge in [0, 0.05) is 11.1 Å². The number of aromatic amines is 2. The van der Waals surface area contributed by atoms with Gasteiger partial charge in [0.25, 0.3) is 0 Å². The van der Waals surface area contributed by atoms with Gasteiger partial charge in [0.2, 0.25) is 10.6 Å². The summed E-state index contributed by atoms with van der Waals surface area (Å²) in [5.41, 5.74) is 3.61. The first-order valence-electron chi connectivity index (χ1n) is 10.5. The summed E-state index contributed by atoms with van der Waals surface area (Å²) >= 11 is 5.48. The third kappa shape index (κ3) is 3.44. The van der Waals surface area contributed by atoms with E-state index >= 15 is 0 Å². The zero-order valence-electron chi connectivity index (χ0n) is 17.4. The van der Waals surface area contributed by atoms with E-state index in [4.69, 9.17) is 17.3 Å². The standard InChI is InChI=1S/C26H18N6S/c33-26-31-30-25(24-15-23(28-29-24)17-8-2-1-3-9-17)32(26)27-16-22-20-12-6-4-10-18(20)14-19-11-5-7-13-21(19)22/h1-16H,(H,28,29)(H,31,33)/b27-16-. The quantitative estimate of drug-likeness (QED) is 0.193. The highest BCUT2D eigenvalue weighted by Gasteiger charge is 2.13. The average Bonchev–Trinajstić information content (AvgIpc) is 3.49. The van der Waals surface area contributed by atoms with E-state index in [0.717, 1.165) is 44.1 Å². The van der Waals surface area contributed by atoms with Crippen LogP contribution in [0, 0.1) is 4.77 Å². The number of rotatable bonds is 4. The number of nitrogens with zero attached hydrogens (tertiary/aromatic N) is 4. The smallest absolute Gasteiger partial charge is 0.216 e. The molecule has 0 spiro atoms. The maximum absolute atomic E-state index is 5.48. The van der Waals surface area contributed by atoms with E-state index in [1.807, 2.05) is 66.9 Å². The molecule has 6 aromatic rings. The van der Waals surface area contributed by atoms with Crippen molar-refractivity contribution in [1.29, 1.82) is 0 Å². The van der Waals surface area contributed by atoms with E-state index in [1.54, 1.807) is 4.68 Å². The Kier molecular flexibility index (Phi) is 4.66. The lowest BCUT2D eigenvalue weighted by Crippen LogP contribution is -1.96. The van der Waals surface area contributed by atoms with E-state index in [2.05, 4.69) is 50.7 Å². The summed E-state index contributed by atoms with van der Waals surface area (Å²) in [5.74, 6) is 0.565. The highest BCUT2D eigenvalue weighted by atomic mass is 32.1. The molecule has 0 radical (unpaired) electrons. The number of fused-ring (bicyclic) bond motifs is 2. The molecule has 2 N–H and O–H groups in total. The van der Waals surface area contributed by atoms with E-state index in [0.29, 0.717) is 10.6 Å². The molecule has 0 aliphatic rings. The molecule has 0 aliphatic heterocycles. The first-order valence-corrected chi connectivity index (χ1v) is 10.9. The molecule has 4 aromatic carbocycles. The fourth-order valence-electron chi connectivity index (χ4n) is 4.07. The monoisotopic (exact) mass is 446 g/mol. The van der Waals surface area contributed by atoms with Gasteiger partial charge in [0.1, 0.15) is 5.69 Å². The van der Waals surface area contributed by atoms with Crippen molar-refractivity contribution in [3.8, 4) is 22.8 Å². The largest absolute Gasteiger partial charge is 0.274 e. The molecule has 33 heavy (non-hydrogen) atoms. The van der Waals surface area contributed by atoms with Gasteiger partial charge in [-0.05, 0) is 45.9 Å². The first kappa shape index (κ1) is 19.3. The fourth-order valence-corrected chi connectivity index (χ4v) is 4.25. The molecule has 7 heteroatoms. The maximum Gasteiger partial charge on any atom is 0.216 e. The fraction of sp³-hybridized carbons (Fsp3) is 0. The van der Waals surface area contributed by atoms with E-state index in [-0.39, 0.29) is 0 Å². The van der Waals surface area contributed by atoms with Crippen LogP contribution in [0.25, 0.3) is 44.3 Å². The van der Waals surface area contributed by atoms with Crippen molar-refractivity contribution in [2.24, 2.45) is 5.10 Å². The van der Waals surface area contributed by atoms with Gasteiger partial charge in [0.15, 0.2) is 0 Å². The van der Waals surface area contributed by atoms with Crippen LogP contribution in [-0.2, 0) is 0 Å². The second kappa shape index (κ2) is 7.96. The third-order valence-corrected chi connectivity index (χ3v) is 5.92. The Bertz CT molecular complexity index is 1640. The Morgan fingerprint density at radius 3 is 2.15 bits per heavy atom. The summed E-state index contributed by atoms with van der Waals surface area (Å²) in [6, 6.07) is 30.7. The highest BCUT2D eigenvalue weighted by molar-refractivity contribution is 7.71. The van der Waals surface area contributed by atoms with Gasteiger partial charge in [-0.15, -0.1) is 0 Å². The molecular formula is C26H18N6S. The molecule has 0 saturated carbocycles. The molecular weight excluding hydrogens is 428 g/mol. The molecule has 0 amide bonds. The predicted octanol–water partition coefficient (Wildman–Crippen LogP) is 6.19. The molecule has 0 unspecified atom stereocenters. The zero-order chi connectivity index (χ0) is 22.2. The molecule has 0 atom stereocenters. The summed E-state index contributed by atoms with van der Waals surface area (Å²) in [6.07, 6.45) is 1.86. The molecule has 0 aliphatic carbocycles. The van der Waals surface area contributed by atoms with Crippen molar-refractivity contribution in [3.63, 3.8) is 0 Å². The highest BCUT2D eigenvalue weighted by Crippen LogP contribution is 2.28. The van der Waals surface area contributed by atoms with Gasteiger partial charge < -0.3 is 0 Å². The average molecular weight is 447 g/mol. The third-order valence-electron chi connectivity index (χ3n) is 5.65. The summed E-state index contributed by atoms with van der Waals surface area (Å²) in [5, 5.41) is 24.1. The molecule has 0 saturated heterocycles. The van der Waals surface area contributed by atoms with Gasteiger partial charge >= 0.3 is 0 Å². The number of nitrogens with one attached hydrogen (secondary N) is 2. The first-order chi connectivity index (χ1) is 16.3. The molecule has 2 heterocycles. The van der Waals surface area contributed by atoms with Crippen molar-refractivity contribution >= 4 is 40.0 Å². The topological polar surface area (TPSA) is 74.7 Å². The maximum atomic E-state index is 5.48. The van der Waals surface area contributed by atoms with Gasteiger partial charge in [-0.25, -0.2) is 5.10 Å². The van der Waals surface area contributed by atoms with Crippen molar-refractivity contribution in [2.45, 2.75) is 0 Å². The SMILES string of the molecule is S=c1[nH]nc(-c2cc(-c3ccccc3)n[nH]2)n1/N=C\c1c2ccccc2cc2ccccc12. The lowest BCUT2D eigenvalue weighted by Gasteiger charge is -2.08. The minimum atomic E-state index is 0.404. The summed E-state index contributed by atoms with van der Waals surface area (Å²) in [6.45, 7) is 0. The zero-order valence-corrected chi connectivity index (χ0v) is 18.3. The van der Waals surface area contributed by atoms with Crippen LogP contribution in [0.15, 0.2) is 96.1 Å². The Morgan fingerprint density at radius 1 is 0.758 bits per heavy atom. The van der Waals surface area contributed by atoms with Crippen molar-refractivity contribution in [2.75, 3.05) is 0 Å². The molecule has 0 bridgehead atoms. The molecule has 158 valence electrons. The second-order valence-electron chi connectivity index (χ2n) is 7.67. The Morgan fingerprint density at radius 2 is 1.42 bits per heavy atom. The molecule has 6 nitrogen and oxygen atoms in total. The van der Waals surface area contributed by atoms with Crippen LogP contribution in [0.1, 0.15) is 5.56 Å². The number of H-pyrrole nitrogens is 2. The number of hydrogen-bond donors (Lipinski definition) is 2. The van der Waals surface area contributed by atoms with E-state index in [9.17, 15) is 0 Å². The minimum absolute atomic E-state index is 0.404. The van der Waals surface area contributed by atoms with Crippen LogP contribution in [0.5, 0.6) is 0 Å². The van der Waals surface area contributed by atoms with Crippen LogP contribution in [0.4, 0.5) is 0 Å². The number of aromatic nitrogens is 5. The van der Waals surface area contributed by atoms with E-state index < -0.39 is 0 Å². The number of benzene rings is 4. The second-order valence-corrected chi connectivity index (χ2v) is 8.06. The van der Waals surface area contributed by atoms with Crippen molar-refractivity contribution in [3.05, 3.63) is 101 Å². The van der Waals surface area contributed by atoms with Gasteiger partial charge in [-0.1, -0.05) is 78.9 Å². The Balaban J connectivity index is 1.47. The van der Waals surface area contributed by atoms with Crippen LogP contribution in [0.3, 0.4) is 0 Å². The van der Waals surface area contributed by atoms with Crippen LogP contribution in [0.2, 0.25) is 0 Å². The number of hydrogen-bond acceptors (Lipinski definition) is 4. The Labute approximate surface area is 194 Å². The molecule has 0 fully saturated rings. The lowest BCUT2D eigenvalue weighted by molar-refractivity contribution is 0.866. The summed E-state index contributed by atoms with van der Waals surface area (Å²) in [4.78, 5) is 0. The van der Waals surface area contributed by atoms with Crippen molar-refractivity contribution < 1.29 is 0 Å². The normalized spacial score (nSPS) is 11.6. The predicted molar refractivity (Wildman–Crippen MR) is 135 cm³/mol. The Hall–Kier alpha value is -4.36. The van der Waals surface area contributed by atoms with Gasteiger partial charge in [-0.3, -0.25) is 5.10 Å². The van der Waals surface area contributed by atoms with Crippen molar-refractivity contribution in [1.82, 2.24) is 25.1 Å². The lowest BCUT2D eigenvalue weighted by atomic mass is 9.97. The van der Waals surface area contributed by atoms with Gasteiger partial charge in [0.05, 0.1) is 11.9 Å². The summed E-state index contributed by atoms with van der Waals surface area (Å²) in [7, 11) is 0. The van der Waals surface area contributed by atoms with Crippen LogP contribution in [-0.4, -0.2) is 31.3 Å².